The fourth-order valence-corrected chi connectivity index (χ4v) is 14.4. The Bertz CT molecular complexity index is 2470. The molecule has 2 saturated heterocycles. The number of carbonyl (C=O) groups excluding carboxylic acids is 1. The lowest BCUT2D eigenvalue weighted by Crippen LogP contribution is -2.59. The Morgan fingerprint density at radius 2 is 1.28 bits per heavy atom. The van der Waals surface area contributed by atoms with Crippen molar-refractivity contribution in [3.8, 4) is 23.6 Å². The lowest BCUT2D eigenvalue weighted by atomic mass is 9.56. The summed E-state index contributed by atoms with van der Waals surface area (Å²) in [7, 11) is 1.84. The van der Waals surface area contributed by atoms with Crippen LogP contribution in [0.1, 0.15) is 122 Å². The Kier molecular flexibility index (Phi) is 14.7. The molecule has 0 aromatic heterocycles. The molecule has 4 fully saturated rings. The molecule has 6 unspecified atom stereocenters. The van der Waals surface area contributed by atoms with Crippen LogP contribution in [0.3, 0.4) is 0 Å². The van der Waals surface area contributed by atoms with Gasteiger partial charge in [0.25, 0.3) is 0 Å². The normalized spacial score (nSPS) is 27.7. The molecule has 4 aromatic carbocycles. The summed E-state index contributed by atoms with van der Waals surface area (Å²) in [5.74, 6) is 4.02. The SMILES string of the molecule is COC1CCC(C2(C3CCN(CCCOc4ccc(C#N)cc4)CC3)C(=O)NCc3cc(C4CCC(C5(C6CCN(CCCOc7ccc(C#N)cc7)CC6)NCCc6ccccc65)C4)ccc32)C1. The van der Waals surface area contributed by atoms with E-state index in [9.17, 15) is 4.79 Å². The second-order valence-corrected chi connectivity index (χ2v) is 21.2. The number of rotatable bonds is 16. The number of nitrogens with zero attached hydrogens (tertiary/aromatic N) is 4. The maximum absolute atomic E-state index is 14.8. The highest BCUT2D eigenvalue weighted by Crippen LogP contribution is 2.56. The van der Waals surface area contributed by atoms with Crippen LogP contribution >= 0.6 is 0 Å². The minimum atomic E-state index is -0.547. The van der Waals surface area contributed by atoms with Gasteiger partial charge in [0.15, 0.2) is 0 Å². The van der Waals surface area contributed by atoms with E-state index in [2.05, 4.69) is 75.0 Å². The fraction of sp³-hybridized carbons (Fsp3) is 0.542. The van der Waals surface area contributed by atoms with Crippen molar-refractivity contribution in [2.75, 3.05) is 66.1 Å². The number of hydrogen-bond donors (Lipinski definition) is 2. The van der Waals surface area contributed by atoms with Crippen molar-refractivity contribution in [1.29, 1.82) is 10.5 Å². The van der Waals surface area contributed by atoms with Crippen molar-refractivity contribution >= 4 is 5.91 Å². The van der Waals surface area contributed by atoms with Gasteiger partial charge in [0, 0.05) is 38.8 Å². The number of likely N-dealkylation sites (tertiary alicyclic amines) is 2. The number of nitrogens with one attached hydrogen (secondary N) is 2. The summed E-state index contributed by atoms with van der Waals surface area (Å²) >= 11 is 0. The number of fused-ring (bicyclic) bond motifs is 2. The van der Waals surface area contributed by atoms with Gasteiger partial charge in [-0.25, -0.2) is 0 Å². The van der Waals surface area contributed by atoms with E-state index in [-0.39, 0.29) is 29.4 Å². The highest BCUT2D eigenvalue weighted by atomic mass is 16.5. The van der Waals surface area contributed by atoms with Crippen LogP contribution in [0.5, 0.6) is 11.5 Å². The molecule has 2 saturated carbocycles. The summed E-state index contributed by atoms with van der Waals surface area (Å²) in [4.78, 5) is 20.0. The number of benzene rings is 4. The van der Waals surface area contributed by atoms with Crippen LogP contribution in [0.2, 0.25) is 0 Å². The average molecular weight is 929 g/mol. The minimum Gasteiger partial charge on any atom is -0.494 e. The highest BCUT2D eigenvalue weighted by Gasteiger charge is 2.57. The summed E-state index contributed by atoms with van der Waals surface area (Å²) in [6, 6.07) is 35.9. The van der Waals surface area contributed by atoms with Gasteiger partial charge in [-0.3, -0.25) is 4.79 Å². The molecule has 10 heteroatoms. The lowest BCUT2D eigenvalue weighted by Gasteiger charge is -2.52. The molecule has 6 atom stereocenters. The molecule has 0 radical (unpaired) electrons. The van der Waals surface area contributed by atoms with E-state index in [0.717, 1.165) is 109 Å². The summed E-state index contributed by atoms with van der Waals surface area (Å²) in [6.45, 7) is 9.17. The van der Waals surface area contributed by atoms with Crippen molar-refractivity contribution in [1.82, 2.24) is 20.4 Å². The molecule has 10 nitrogen and oxygen atoms in total. The Balaban J connectivity index is 0.821. The largest absolute Gasteiger partial charge is 0.494 e. The van der Waals surface area contributed by atoms with Gasteiger partial charge in [-0.15, -0.1) is 0 Å². The average Bonchev–Trinajstić information content (AvgIpc) is 4.11. The van der Waals surface area contributed by atoms with Gasteiger partial charge in [-0.05, 0) is 216 Å². The number of methoxy groups -OCH3 is 1. The number of ether oxygens (including phenoxy) is 3. The quantitative estimate of drug-likeness (QED) is 0.106. The summed E-state index contributed by atoms with van der Waals surface area (Å²) in [5.41, 5.74) is 7.91. The predicted molar refractivity (Wildman–Crippen MR) is 269 cm³/mol. The van der Waals surface area contributed by atoms with Crippen LogP contribution in [0.15, 0.2) is 91.0 Å². The monoisotopic (exact) mass is 929 g/mol. The molecule has 0 spiro atoms. The van der Waals surface area contributed by atoms with Gasteiger partial charge >= 0.3 is 0 Å². The van der Waals surface area contributed by atoms with Crippen molar-refractivity contribution in [3.63, 3.8) is 0 Å². The van der Waals surface area contributed by atoms with Gasteiger partial charge < -0.3 is 34.6 Å². The van der Waals surface area contributed by atoms with E-state index >= 15 is 0 Å². The van der Waals surface area contributed by atoms with E-state index in [4.69, 9.17) is 24.7 Å². The Hall–Kier alpha value is -5.23. The smallest absolute Gasteiger partial charge is 0.231 e. The van der Waals surface area contributed by atoms with Crippen molar-refractivity contribution in [3.05, 3.63) is 130 Å². The molecule has 69 heavy (non-hydrogen) atoms. The lowest BCUT2D eigenvalue weighted by molar-refractivity contribution is -0.134. The third kappa shape index (κ3) is 9.68. The van der Waals surface area contributed by atoms with E-state index in [1.54, 1.807) is 17.7 Å². The van der Waals surface area contributed by atoms with E-state index in [0.29, 0.717) is 48.6 Å². The number of piperidine rings is 2. The van der Waals surface area contributed by atoms with Crippen LogP contribution in [0.4, 0.5) is 0 Å². The minimum absolute atomic E-state index is 0.0288. The number of amides is 1. The van der Waals surface area contributed by atoms with Crippen LogP contribution in [-0.2, 0) is 33.5 Å². The molecule has 362 valence electrons. The van der Waals surface area contributed by atoms with Crippen LogP contribution < -0.4 is 20.1 Å². The van der Waals surface area contributed by atoms with Gasteiger partial charge in [0.05, 0.1) is 48.0 Å². The first-order chi connectivity index (χ1) is 33.9. The van der Waals surface area contributed by atoms with Crippen LogP contribution in [0, 0.1) is 46.3 Å². The Morgan fingerprint density at radius 1 is 0.652 bits per heavy atom. The van der Waals surface area contributed by atoms with Gasteiger partial charge in [0.2, 0.25) is 5.91 Å². The zero-order valence-corrected chi connectivity index (χ0v) is 40.8. The van der Waals surface area contributed by atoms with Gasteiger partial charge in [0.1, 0.15) is 11.5 Å². The highest BCUT2D eigenvalue weighted by molar-refractivity contribution is 5.91. The Labute approximate surface area is 410 Å². The summed E-state index contributed by atoms with van der Waals surface area (Å²) in [5, 5.41) is 26.1. The van der Waals surface area contributed by atoms with Gasteiger partial charge in [-0.2, -0.15) is 10.5 Å². The topological polar surface area (TPSA) is 123 Å². The summed E-state index contributed by atoms with van der Waals surface area (Å²) in [6.07, 6.45) is 14.2. The predicted octanol–water partition coefficient (Wildman–Crippen LogP) is 9.40. The molecule has 2 N–H and O–H groups in total. The third-order valence-electron chi connectivity index (χ3n) is 17.8. The van der Waals surface area contributed by atoms with Crippen molar-refractivity contribution in [2.24, 2.45) is 23.7 Å². The first-order valence-electron chi connectivity index (χ1n) is 26.4. The molecule has 10 rings (SSSR count). The van der Waals surface area contributed by atoms with Crippen molar-refractivity contribution in [2.45, 2.75) is 113 Å². The maximum atomic E-state index is 14.8. The molecule has 4 heterocycles. The zero-order valence-electron chi connectivity index (χ0n) is 40.8. The zero-order chi connectivity index (χ0) is 47.2. The van der Waals surface area contributed by atoms with E-state index in [1.807, 2.05) is 43.5 Å². The first-order valence-corrected chi connectivity index (χ1v) is 26.4. The number of carbonyl (C=O) groups is 1. The first kappa shape index (κ1) is 47.4. The van der Waals surface area contributed by atoms with E-state index < -0.39 is 5.41 Å². The van der Waals surface area contributed by atoms with Gasteiger partial charge in [-0.1, -0.05) is 42.5 Å². The van der Waals surface area contributed by atoms with Crippen LogP contribution in [0.25, 0.3) is 0 Å². The molecular weight excluding hydrogens is 857 g/mol. The Morgan fingerprint density at radius 3 is 1.90 bits per heavy atom. The molecule has 4 aliphatic heterocycles. The van der Waals surface area contributed by atoms with E-state index in [1.165, 1.54) is 54.4 Å². The molecule has 4 aromatic rings. The molecular formula is C59H72N6O4. The maximum Gasteiger partial charge on any atom is 0.231 e. The van der Waals surface area contributed by atoms with Crippen LogP contribution in [-0.4, -0.2) is 87.9 Å². The van der Waals surface area contributed by atoms with Crippen molar-refractivity contribution < 1.29 is 19.0 Å². The fourth-order valence-electron chi connectivity index (χ4n) is 14.4. The number of hydrogen-bond acceptors (Lipinski definition) is 9. The second kappa shape index (κ2) is 21.4. The molecule has 6 aliphatic rings. The second-order valence-electron chi connectivity index (χ2n) is 21.2. The molecule has 2 aliphatic carbocycles. The third-order valence-corrected chi connectivity index (χ3v) is 17.8. The number of nitriles is 2. The molecule has 1 amide bonds. The summed E-state index contributed by atoms with van der Waals surface area (Å²) < 4.78 is 18.0. The molecule has 0 bridgehead atoms. The standard InChI is InChI=1S/C59H72N6O4/c1-67-54-20-15-50(38-54)58(48-23-30-64(31-24-48)28-4-34-68-52-16-8-42(39-60)9-17-52)55-21-13-45(36-47(55)41-62-57(58)66)46-12-14-51(37-46)59(56-7-3-2-6-44(56)22-27-63-59)49-25-32-65(33-26-49)29-5-35-69-53-18-10-43(40-61)11-19-53/h2-3,6-11,13,16-19,21,36,46,48-51,54,63H,4-5,12,14-15,20,22-35,37-38,41H2,1H3,(H,62,66).